The molecule has 0 aliphatic heterocycles. The maximum absolute atomic E-state index is 13.3. The molecule has 3 rings (SSSR count). The van der Waals surface area contributed by atoms with Crippen LogP contribution in [-0.4, -0.2) is 45.7 Å². The Bertz CT molecular complexity index is 1110. The molecule has 38 heavy (non-hydrogen) atoms. The first-order chi connectivity index (χ1) is 17.9. The lowest BCUT2D eigenvalue weighted by molar-refractivity contribution is -0.274. The van der Waals surface area contributed by atoms with Gasteiger partial charge in [0, 0.05) is 23.2 Å². The van der Waals surface area contributed by atoms with Gasteiger partial charge in [0.1, 0.15) is 10.5 Å². The minimum atomic E-state index is -4.77. The fourth-order valence-corrected chi connectivity index (χ4v) is 5.49. The van der Waals surface area contributed by atoms with Crippen molar-refractivity contribution in [2.75, 3.05) is 11.9 Å². The average Bonchev–Trinajstić information content (AvgIpc) is 2.84. The van der Waals surface area contributed by atoms with Gasteiger partial charge >= 0.3 is 18.4 Å². The first-order valence-corrected chi connectivity index (χ1v) is 13.7. The lowest BCUT2D eigenvalue weighted by atomic mass is 9.87. The molecule has 2 N–H and O–H groups in total. The minimum absolute atomic E-state index is 0.0223. The molecule has 0 fully saturated rings. The van der Waals surface area contributed by atoms with E-state index in [1.807, 2.05) is 17.0 Å². The van der Waals surface area contributed by atoms with Crippen LogP contribution in [-0.2, 0) is 17.6 Å². The molecule has 2 aromatic rings. The van der Waals surface area contributed by atoms with Crippen LogP contribution < -0.4 is 10.1 Å². The summed E-state index contributed by atoms with van der Waals surface area (Å²) in [6.07, 6.45) is 1.47. The smallest absolute Gasteiger partial charge is 0.480 e. The fraction of sp³-hybridized carbons (Fsp3) is 0.500. The summed E-state index contributed by atoms with van der Waals surface area (Å²) < 4.78 is 40.3. The van der Waals surface area contributed by atoms with Gasteiger partial charge in [-0.2, -0.15) is 0 Å². The van der Waals surface area contributed by atoms with Crippen molar-refractivity contribution in [3.8, 4) is 5.75 Å². The molecule has 1 unspecified atom stereocenters. The van der Waals surface area contributed by atoms with Crippen molar-refractivity contribution in [3.63, 3.8) is 0 Å². The number of fused-ring (bicyclic) bond motifs is 1. The third-order valence-electron chi connectivity index (χ3n) is 6.56. The van der Waals surface area contributed by atoms with Crippen LogP contribution in [0.5, 0.6) is 5.75 Å². The molecule has 0 heterocycles. The summed E-state index contributed by atoms with van der Waals surface area (Å²) in [6.45, 7) is 6.07. The number of ether oxygens (including phenoxy) is 1. The highest BCUT2D eigenvalue weighted by Gasteiger charge is 2.32. The van der Waals surface area contributed by atoms with E-state index in [9.17, 15) is 27.9 Å². The van der Waals surface area contributed by atoms with E-state index >= 15 is 0 Å². The Morgan fingerprint density at radius 1 is 1.08 bits per heavy atom. The number of amides is 2. The van der Waals surface area contributed by atoms with E-state index in [-0.39, 0.29) is 17.8 Å². The second kappa shape index (κ2) is 12.8. The molecule has 2 amide bonds. The van der Waals surface area contributed by atoms with Crippen LogP contribution in [0.2, 0.25) is 0 Å². The number of hydrogen-bond donors (Lipinski definition) is 2. The molecule has 2 aromatic carbocycles. The molecule has 0 spiro atoms. The number of anilines is 1. The molecular formula is C28H35F3N2O4S. The standard InChI is InChI=1S/C28H35F3N2O4S/c1-4-5-6-7-16-33(26(36)32-21-10-13-23(14-11-21)37-28(29,30)31)22-12-8-20-18-24(15-9-19(20)17-22)38-27(2,3)25(34)35/h9-11,13-15,18,22H,4-8,12,16-17H2,1-3H3,(H,32,36)(H,34,35). The van der Waals surface area contributed by atoms with E-state index in [1.54, 1.807) is 13.8 Å². The van der Waals surface area contributed by atoms with Crippen molar-refractivity contribution < 1.29 is 32.6 Å². The third-order valence-corrected chi connectivity index (χ3v) is 7.74. The Morgan fingerprint density at radius 3 is 2.42 bits per heavy atom. The number of unbranched alkanes of at least 4 members (excludes halogenated alkanes) is 3. The lowest BCUT2D eigenvalue weighted by Gasteiger charge is -2.35. The Morgan fingerprint density at radius 2 is 1.79 bits per heavy atom. The summed E-state index contributed by atoms with van der Waals surface area (Å²) in [4.78, 5) is 27.6. The van der Waals surface area contributed by atoms with E-state index in [2.05, 4.69) is 23.0 Å². The van der Waals surface area contributed by atoms with E-state index in [4.69, 9.17) is 0 Å². The molecule has 0 bridgehead atoms. The SMILES string of the molecule is CCCCCCN(C(=O)Nc1ccc(OC(F)(F)F)cc1)C1CCc2cc(SC(C)(C)C(=O)O)ccc2C1. The van der Waals surface area contributed by atoms with Crippen LogP contribution in [0.15, 0.2) is 47.4 Å². The normalized spacial score (nSPS) is 15.5. The summed E-state index contributed by atoms with van der Waals surface area (Å²) in [6, 6.07) is 10.8. The van der Waals surface area contributed by atoms with Crippen molar-refractivity contribution in [2.24, 2.45) is 0 Å². The molecule has 0 aromatic heterocycles. The Balaban J connectivity index is 1.71. The van der Waals surface area contributed by atoms with Crippen LogP contribution >= 0.6 is 11.8 Å². The summed E-state index contributed by atoms with van der Waals surface area (Å²) in [5, 5.41) is 12.3. The number of carbonyl (C=O) groups excluding carboxylic acids is 1. The zero-order valence-electron chi connectivity index (χ0n) is 21.9. The largest absolute Gasteiger partial charge is 0.573 e. The number of alkyl halides is 3. The van der Waals surface area contributed by atoms with Gasteiger partial charge in [0.15, 0.2) is 0 Å². The van der Waals surface area contributed by atoms with E-state index in [0.717, 1.165) is 49.0 Å². The topological polar surface area (TPSA) is 78.9 Å². The average molecular weight is 553 g/mol. The third kappa shape index (κ3) is 8.58. The molecule has 6 nitrogen and oxygen atoms in total. The highest BCUT2D eigenvalue weighted by atomic mass is 32.2. The molecule has 1 aliphatic rings. The van der Waals surface area contributed by atoms with Gasteiger partial charge in [-0.15, -0.1) is 24.9 Å². The van der Waals surface area contributed by atoms with Gasteiger partial charge in [-0.25, -0.2) is 4.79 Å². The minimum Gasteiger partial charge on any atom is -0.480 e. The Hall–Kier alpha value is -2.88. The number of nitrogens with one attached hydrogen (secondary N) is 1. The number of benzene rings is 2. The zero-order valence-corrected chi connectivity index (χ0v) is 22.8. The summed E-state index contributed by atoms with van der Waals surface area (Å²) in [7, 11) is 0. The van der Waals surface area contributed by atoms with Crippen LogP contribution in [0.1, 0.15) is 64.0 Å². The second-order valence-electron chi connectivity index (χ2n) is 10.0. The van der Waals surface area contributed by atoms with E-state index in [0.29, 0.717) is 18.7 Å². The highest BCUT2D eigenvalue weighted by molar-refractivity contribution is 8.01. The quantitative estimate of drug-likeness (QED) is 0.223. The van der Waals surface area contributed by atoms with Crippen LogP contribution in [0.3, 0.4) is 0 Å². The molecule has 10 heteroatoms. The predicted molar refractivity (Wildman–Crippen MR) is 143 cm³/mol. The number of aryl methyl sites for hydroxylation is 1. The van der Waals surface area contributed by atoms with Gasteiger partial charge < -0.3 is 20.1 Å². The molecule has 1 aliphatic carbocycles. The van der Waals surface area contributed by atoms with Gasteiger partial charge in [-0.05, 0) is 87.1 Å². The molecule has 0 saturated heterocycles. The van der Waals surface area contributed by atoms with Gasteiger partial charge in [0.05, 0.1) is 0 Å². The summed E-state index contributed by atoms with van der Waals surface area (Å²) in [5.41, 5.74) is 2.69. The second-order valence-corrected chi connectivity index (χ2v) is 11.7. The van der Waals surface area contributed by atoms with Crippen molar-refractivity contribution in [3.05, 3.63) is 53.6 Å². The van der Waals surface area contributed by atoms with E-state index in [1.165, 1.54) is 41.6 Å². The van der Waals surface area contributed by atoms with Gasteiger partial charge in [0.2, 0.25) is 0 Å². The first-order valence-electron chi connectivity index (χ1n) is 12.9. The summed E-state index contributed by atoms with van der Waals surface area (Å²) >= 11 is 1.31. The molecule has 0 saturated carbocycles. The number of halogens is 3. The van der Waals surface area contributed by atoms with Crippen molar-refractivity contribution in [1.29, 1.82) is 0 Å². The van der Waals surface area contributed by atoms with E-state index < -0.39 is 17.1 Å². The number of rotatable bonds is 11. The maximum Gasteiger partial charge on any atom is 0.573 e. The molecular weight excluding hydrogens is 517 g/mol. The number of thioether (sulfide) groups is 1. The number of carboxylic acids is 1. The maximum atomic E-state index is 13.3. The number of urea groups is 1. The number of hydrogen-bond acceptors (Lipinski definition) is 4. The lowest BCUT2D eigenvalue weighted by Crippen LogP contribution is -2.46. The van der Waals surface area contributed by atoms with Crippen LogP contribution in [0.25, 0.3) is 0 Å². The van der Waals surface area contributed by atoms with Crippen molar-refractivity contribution in [1.82, 2.24) is 4.90 Å². The summed E-state index contributed by atoms with van der Waals surface area (Å²) in [5.74, 6) is -1.22. The Kier molecular flexibility index (Phi) is 9.98. The first kappa shape index (κ1) is 29.7. The van der Waals surface area contributed by atoms with Gasteiger partial charge in [0.25, 0.3) is 0 Å². The highest BCUT2D eigenvalue weighted by Crippen LogP contribution is 2.36. The Labute approximate surface area is 225 Å². The van der Waals surface area contributed by atoms with Crippen molar-refractivity contribution >= 4 is 29.4 Å². The van der Waals surface area contributed by atoms with Gasteiger partial charge in [-0.3, -0.25) is 4.79 Å². The molecule has 0 radical (unpaired) electrons. The zero-order chi connectivity index (χ0) is 27.9. The molecule has 1 atom stereocenters. The van der Waals surface area contributed by atoms with Gasteiger partial charge in [-0.1, -0.05) is 32.3 Å². The number of carboxylic acid groups (broad SMARTS) is 1. The van der Waals surface area contributed by atoms with Crippen LogP contribution in [0, 0.1) is 0 Å². The number of aliphatic carboxylic acids is 1. The number of nitrogens with zero attached hydrogens (tertiary/aromatic N) is 1. The number of carbonyl (C=O) groups is 2. The van der Waals surface area contributed by atoms with Crippen molar-refractivity contribution in [2.45, 2.75) is 87.8 Å². The fourth-order valence-electron chi connectivity index (χ4n) is 4.47. The molecule has 208 valence electrons. The monoisotopic (exact) mass is 552 g/mol. The van der Waals surface area contributed by atoms with Crippen LogP contribution in [0.4, 0.5) is 23.7 Å². The predicted octanol–water partition coefficient (Wildman–Crippen LogP) is 7.51.